The number of carbonyl (C=O) groups excluding carboxylic acids is 2. The highest BCUT2D eigenvalue weighted by atomic mass is 28.4. The lowest BCUT2D eigenvalue weighted by atomic mass is 9.93. The molecule has 7 rings (SSSR count). The molecule has 0 radical (unpaired) electrons. The molecule has 1 saturated heterocycles. The molecule has 4 aromatic rings. The van der Waals surface area contributed by atoms with Gasteiger partial charge in [-0.2, -0.15) is 0 Å². The van der Waals surface area contributed by atoms with E-state index in [1.54, 1.807) is 35.0 Å². The Bertz CT molecular complexity index is 1860. The van der Waals surface area contributed by atoms with Crippen LogP contribution in [0.4, 0.5) is 15.5 Å². The van der Waals surface area contributed by atoms with E-state index in [1.807, 2.05) is 84.9 Å². The van der Waals surface area contributed by atoms with Gasteiger partial charge in [0.05, 0.1) is 42.5 Å². The summed E-state index contributed by atoms with van der Waals surface area (Å²) in [4.78, 5) is 31.2. The maximum Gasteiger partial charge on any atom is 0.266 e. The highest BCUT2D eigenvalue weighted by Gasteiger charge is 2.52. The zero-order valence-corrected chi connectivity index (χ0v) is 29.2. The minimum absolute atomic E-state index is 0.0592. The van der Waals surface area contributed by atoms with E-state index >= 15 is 4.11 Å². The van der Waals surface area contributed by atoms with Gasteiger partial charge in [0.2, 0.25) is 14.3 Å². The van der Waals surface area contributed by atoms with Crippen molar-refractivity contribution < 1.29 is 28.3 Å². The van der Waals surface area contributed by atoms with Crippen molar-refractivity contribution in [2.45, 2.75) is 76.0 Å². The number of fused-ring (bicyclic) bond motifs is 3. The van der Waals surface area contributed by atoms with Gasteiger partial charge in [-0.1, -0.05) is 67.6 Å². The first-order valence-electron chi connectivity index (χ1n) is 17.2. The number of nitrogens with zero attached hydrogens (tertiary/aromatic N) is 2. The number of carbonyl (C=O) groups is 2. The van der Waals surface area contributed by atoms with Gasteiger partial charge in [0.25, 0.3) is 5.91 Å². The van der Waals surface area contributed by atoms with Crippen LogP contribution >= 0.6 is 0 Å². The summed E-state index contributed by atoms with van der Waals surface area (Å²) in [5, 5.41) is 10.2. The highest BCUT2D eigenvalue weighted by molar-refractivity contribution is 6.72. The van der Waals surface area contributed by atoms with E-state index in [-0.39, 0.29) is 48.4 Å². The van der Waals surface area contributed by atoms with Crippen molar-refractivity contribution in [1.29, 1.82) is 0 Å². The molecular formula is C40H43FN2O5Si. The Kier molecular flexibility index (Phi) is 9.17. The van der Waals surface area contributed by atoms with Crippen LogP contribution in [0.5, 0.6) is 11.5 Å². The van der Waals surface area contributed by atoms with E-state index in [1.165, 1.54) is 0 Å². The second kappa shape index (κ2) is 13.5. The second-order valence-electron chi connectivity index (χ2n) is 14.1. The Balaban J connectivity index is 1.08. The van der Waals surface area contributed by atoms with Crippen LogP contribution in [0, 0.1) is 5.92 Å². The molecule has 0 unspecified atom stereocenters. The van der Waals surface area contributed by atoms with Gasteiger partial charge in [-0.25, -0.2) is 0 Å². The molecule has 0 aromatic heterocycles. The number of aliphatic hydroxyl groups is 1. The molecule has 1 N–H and O–H groups in total. The fourth-order valence-electron chi connectivity index (χ4n) is 8.13. The second-order valence-corrected chi connectivity index (χ2v) is 17.9. The molecule has 5 atom stereocenters. The average Bonchev–Trinajstić information content (AvgIpc) is 3.35. The van der Waals surface area contributed by atoms with Crippen molar-refractivity contribution in [3.05, 3.63) is 119 Å². The summed E-state index contributed by atoms with van der Waals surface area (Å²) in [6, 6.07) is 30.5. The first-order valence-corrected chi connectivity index (χ1v) is 20.2. The summed E-state index contributed by atoms with van der Waals surface area (Å²) in [6.45, 7) is 5.80. The van der Waals surface area contributed by atoms with E-state index in [2.05, 4.69) is 6.92 Å². The molecule has 0 bridgehead atoms. The molecule has 3 aliphatic heterocycles. The summed E-state index contributed by atoms with van der Waals surface area (Å²) < 4.78 is 28.7. The minimum Gasteiger partial charge on any atom is -0.454 e. The summed E-state index contributed by atoms with van der Waals surface area (Å²) >= 11 is 0. The summed E-state index contributed by atoms with van der Waals surface area (Å²) in [5.74, 6) is 0.788. The van der Waals surface area contributed by atoms with E-state index in [0.717, 1.165) is 22.4 Å². The van der Waals surface area contributed by atoms with Crippen LogP contribution in [-0.4, -0.2) is 55.1 Å². The maximum absolute atomic E-state index is 16.0. The van der Waals surface area contributed by atoms with Crippen LogP contribution in [0.25, 0.3) is 0 Å². The first kappa shape index (κ1) is 33.2. The number of ether oxygens (including phenoxy) is 2. The Morgan fingerprint density at radius 3 is 2.41 bits per heavy atom. The van der Waals surface area contributed by atoms with Gasteiger partial charge in [-0.05, 0) is 91.4 Å². The fourth-order valence-corrected chi connectivity index (χ4v) is 10.7. The van der Waals surface area contributed by atoms with Crippen LogP contribution in [0.2, 0.25) is 18.6 Å². The Morgan fingerprint density at radius 2 is 1.63 bits per heavy atom. The van der Waals surface area contributed by atoms with Crippen LogP contribution in [0.1, 0.15) is 46.8 Å². The number of hydrogen-bond donors (Lipinski definition) is 1. The standard InChI is InChI=1S/C40H43FN2O5Si/c1-26-34(47-37(39(26)49(2,3)41)23-38(45)42-24-29-13-5-4-12-28(29)22-31(42)25-44)20-19-27-11-10-14-30(21-27)43-33-16-7-9-18-36(33)48-35-17-8-6-15-32(35)40(43)46/h4-18,21,26,31,34,37,39,44H,19-20,22-25H2,1-3H3/t26-,31-,34+,37-,39+/m0/s1. The van der Waals surface area contributed by atoms with Crippen molar-refractivity contribution in [3.8, 4) is 11.5 Å². The number of para-hydroxylation sites is 3. The van der Waals surface area contributed by atoms with Gasteiger partial charge in [0.15, 0.2) is 5.75 Å². The zero-order chi connectivity index (χ0) is 34.3. The van der Waals surface area contributed by atoms with Crippen LogP contribution < -0.4 is 9.64 Å². The lowest BCUT2D eigenvalue weighted by molar-refractivity contribution is -0.138. The number of hydrogen-bond acceptors (Lipinski definition) is 5. The predicted molar refractivity (Wildman–Crippen MR) is 191 cm³/mol. The molecule has 49 heavy (non-hydrogen) atoms. The third-order valence-electron chi connectivity index (χ3n) is 10.5. The summed E-state index contributed by atoms with van der Waals surface area (Å²) in [5.41, 5.74) is 4.82. The Labute approximate surface area is 288 Å². The van der Waals surface area contributed by atoms with Crippen molar-refractivity contribution in [1.82, 2.24) is 4.90 Å². The molecule has 3 heterocycles. The van der Waals surface area contributed by atoms with E-state index in [9.17, 15) is 14.7 Å². The highest BCUT2D eigenvalue weighted by Crippen LogP contribution is 2.48. The van der Waals surface area contributed by atoms with Gasteiger partial charge >= 0.3 is 0 Å². The Hall–Kier alpha value is -4.31. The van der Waals surface area contributed by atoms with E-state index in [0.29, 0.717) is 48.6 Å². The van der Waals surface area contributed by atoms with Crippen LogP contribution in [0.3, 0.4) is 0 Å². The van der Waals surface area contributed by atoms with Crippen molar-refractivity contribution in [2.24, 2.45) is 5.92 Å². The molecule has 4 aromatic carbocycles. The predicted octanol–water partition coefficient (Wildman–Crippen LogP) is 7.99. The van der Waals surface area contributed by atoms with Crippen molar-refractivity contribution in [3.63, 3.8) is 0 Å². The van der Waals surface area contributed by atoms with Gasteiger partial charge < -0.3 is 23.6 Å². The average molecular weight is 679 g/mol. The first-order chi connectivity index (χ1) is 23.6. The number of aliphatic hydroxyl groups excluding tert-OH is 1. The lowest BCUT2D eigenvalue weighted by Gasteiger charge is -2.37. The fraction of sp³-hybridized carbons (Fsp3) is 0.350. The molecule has 2 amide bonds. The molecule has 1 fully saturated rings. The molecule has 9 heteroatoms. The third-order valence-corrected chi connectivity index (χ3v) is 13.0. The van der Waals surface area contributed by atoms with Gasteiger partial charge in [0.1, 0.15) is 5.75 Å². The smallest absolute Gasteiger partial charge is 0.266 e. The topological polar surface area (TPSA) is 79.3 Å². The zero-order valence-electron chi connectivity index (χ0n) is 28.2. The number of anilines is 2. The van der Waals surface area contributed by atoms with Crippen molar-refractivity contribution in [2.75, 3.05) is 11.5 Å². The Morgan fingerprint density at radius 1 is 0.918 bits per heavy atom. The molecule has 0 aliphatic carbocycles. The quantitative estimate of drug-likeness (QED) is 0.151. The van der Waals surface area contributed by atoms with E-state index in [4.69, 9.17) is 9.47 Å². The molecule has 0 spiro atoms. The van der Waals surface area contributed by atoms with Gasteiger partial charge in [-0.3, -0.25) is 14.5 Å². The molecule has 7 nitrogen and oxygen atoms in total. The number of amides is 2. The summed E-state index contributed by atoms with van der Waals surface area (Å²) in [7, 11) is -3.21. The van der Waals surface area contributed by atoms with E-state index < -0.39 is 14.5 Å². The number of aryl methyl sites for hydroxylation is 1. The number of benzene rings is 4. The number of halogens is 1. The minimum atomic E-state index is -3.21. The monoisotopic (exact) mass is 678 g/mol. The lowest BCUT2D eigenvalue weighted by Crippen LogP contribution is -2.48. The van der Waals surface area contributed by atoms with Gasteiger partial charge in [-0.15, -0.1) is 0 Å². The summed E-state index contributed by atoms with van der Waals surface area (Å²) in [6.07, 6.45) is 1.28. The molecule has 3 aliphatic rings. The largest absolute Gasteiger partial charge is 0.454 e. The van der Waals surface area contributed by atoms with Crippen LogP contribution in [-0.2, 0) is 28.9 Å². The van der Waals surface area contributed by atoms with Crippen molar-refractivity contribution >= 4 is 31.6 Å². The third kappa shape index (κ3) is 6.55. The molecule has 0 saturated carbocycles. The molecule has 254 valence electrons. The SMILES string of the molecule is C[C@@H]1[C@@H]([Si](C)(C)F)[C@H](CC(=O)N2Cc3ccccc3C[C@H]2CO)O[C@@H]1CCc1cccc(N2C(=O)c3ccccc3Oc3ccccc32)c1. The normalized spacial score (nSPS) is 23.3. The van der Waals surface area contributed by atoms with Crippen LogP contribution in [0.15, 0.2) is 97.1 Å². The molecular weight excluding hydrogens is 636 g/mol. The number of rotatable bonds is 8. The maximum atomic E-state index is 16.0. The van der Waals surface area contributed by atoms with Gasteiger partial charge in [0, 0.05) is 17.8 Å².